The second kappa shape index (κ2) is 6.31. The molecule has 3 heteroatoms. The van der Waals surface area contributed by atoms with Gasteiger partial charge in [0.2, 0.25) is 0 Å². The summed E-state index contributed by atoms with van der Waals surface area (Å²) in [4.78, 5) is 0.868. The van der Waals surface area contributed by atoms with Crippen molar-refractivity contribution in [1.82, 2.24) is 0 Å². The van der Waals surface area contributed by atoms with Gasteiger partial charge in [-0.2, -0.15) is 0 Å². The largest absolute Gasteiger partial charge is 0.255 e. The predicted molar refractivity (Wildman–Crippen MR) is 86.5 cm³/mol. The van der Waals surface area contributed by atoms with E-state index in [2.05, 4.69) is 34.1 Å². The predicted octanol–water partition coefficient (Wildman–Crippen LogP) is 4.75. The van der Waals surface area contributed by atoms with Crippen molar-refractivity contribution in [3.63, 3.8) is 0 Å². The van der Waals surface area contributed by atoms with Crippen LogP contribution in [0.5, 0.6) is 0 Å². The summed E-state index contributed by atoms with van der Waals surface area (Å²) in [6, 6.07) is 16.0. The van der Waals surface area contributed by atoms with Crippen molar-refractivity contribution in [3.8, 4) is 0 Å². The molecule has 0 amide bonds. The molecule has 1 nitrogen and oxygen atoms in total. The van der Waals surface area contributed by atoms with E-state index in [1.807, 2.05) is 43.3 Å². The first-order chi connectivity index (χ1) is 9.08. The maximum absolute atomic E-state index is 11.8. The molecule has 0 spiro atoms. The SMILES string of the molecule is C/C(=C\c1ccccc1)c1cc(Br)ccc1S(C)=O. The quantitative estimate of drug-likeness (QED) is 0.740. The summed E-state index contributed by atoms with van der Waals surface area (Å²) in [5.74, 6) is 0. The average Bonchev–Trinajstić information content (AvgIpc) is 2.39. The molecule has 98 valence electrons. The minimum Gasteiger partial charge on any atom is -0.255 e. The van der Waals surface area contributed by atoms with Gasteiger partial charge in [0.1, 0.15) is 0 Å². The topological polar surface area (TPSA) is 17.1 Å². The minimum absolute atomic E-state index is 0.868. The van der Waals surface area contributed by atoms with E-state index in [4.69, 9.17) is 0 Å². The second-order valence-corrected chi connectivity index (χ2v) is 6.60. The normalized spacial score (nSPS) is 13.3. The average molecular weight is 335 g/mol. The fourth-order valence-corrected chi connectivity index (χ4v) is 3.09. The van der Waals surface area contributed by atoms with Crippen molar-refractivity contribution in [2.75, 3.05) is 6.26 Å². The van der Waals surface area contributed by atoms with Crippen LogP contribution in [0, 0.1) is 0 Å². The molecule has 1 unspecified atom stereocenters. The zero-order valence-electron chi connectivity index (χ0n) is 10.9. The Kier molecular flexibility index (Phi) is 4.72. The molecule has 0 aliphatic heterocycles. The number of rotatable bonds is 3. The van der Waals surface area contributed by atoms with Gasteiger partial charge in [-0.3, -0.25) is 4.21 Å². The zero-order chi connectivity index (χ0) is 13.8. The highest BCUT2D eigenvalue weighted by atomic mass is 79.9. The van der Waals surface area contributed by atoms with Crippen LogP contribution in [0.3, 0.4) is 0 Å². The molecular weight excluding hydrogens is 320 g/mol. The zero-order valence-corrected chi connectivity index (χ0v) is 13.3. The van der Waals surface area contributed by atoms with E-state index >= 15 is 0 Å². The minimum atomic E-state index is -0.989. The van der Waals surface area contributed by atoms with E-state index in [1.54, 1.807) is 6.26 Å². The summed E-state index contributed by atoms with van der Waals surface area (Å²) in [5.41, 5.74) is 3.28. The molecule has 0 fully saturated rings. The van der Waals surface area contributed by atoms with Crippen LogP contribution in [-0.4, -0.2) is 10.5 Å². The summed E-state index contributed by atoms with van der Waals surface area (Å²) >= 11 is 3.47. The van der Waals surface area contributed by atoms with Crippen molar-refractivity contribution in [2.24, 2.45) is 0 Å². The van der Waals surface area contributed by atoms with E-state index in [9.17, 15) is 4.21 Å². The van der Waals surface area contributed by atoms with Gasteiger partial charge in [0.25, 0.3) is 0 Å². The van der Waals surface area contributed by atoms with Gasteiger partial charge in [-0.15, -0.1) is 0 Å². The van der Waals surface area contributed by atoms with Gasteiger partial charge in [0.05, 0.1) is 10.8 Å². The highest BCUT2D eigenvalue weighted by Gasteiger charge is 2.08. The Bertz CT molecular complexity index is 632. The van der Waals surface area contributed by atoms with E-state index in [0.29, 0.717) is 0 Å². The molecular formula is C16H15BrOS. The maximum Gasteiger partial charge on any atom is 0.0504 e. The molecule has 2 rings (SSSR count). The van der Waals surface area contributed by atoms with Crippen LogP contribution < -0.4 is 0 Å². The van der Waals surface area contributed by atoms with Gasteiger partial charge in [-0.05, 0) is 41.8 Å². The van der Waals surface area contributed by atoms with Crippen molar-refractivity contribution in [1.29, 1.82) is 0 Å². The molecule has 0 aromatic heterocycles. The van der Waals surface area contributed by atoms with Crippen LogP contribution >= 0.6 is 15.9 Å². The smallest absolute Gasteiger partial charge is 0.0504 e. The van der Waals surface area contributed by atoms with Gasteiger partial charge in [-0.25, -0.2) is 0 Å². The molecule has 0 saturated heterocycles. The van der Waals surface area contributed by atoms with Gasteiger partial charge in [-0.1, -0.05) is 52.3 Å². The Morgan fingerprint density at radius 2 is 1.84 bits per heavy atom. The summed E-state index contributed by atoms with van der Waals surface area (Å²) in [6.45, 7) is 2.05. The molecule has 0 radical (unpaired) electrons. The summed E-state index contributed by atoms with van der Waals surface area (Å²) < 4.78 is 12.8. The van der Waals surface area contributed by atoms with E-state index in [-0.39, 0.29) is 0 Å². The molecule has 19 heavy (non-hydrogen) atoms. The number of hydrogen-bond donors (Lipinski definition) is 0. The Morgan fingerprint density at radius 3 is 2.47 bits per heavy atom. The van der Waals surface area contributed by atoms with E-state index in [1.165, 1.54) is 0 Å². The van der Waals surface area contributed by atoms with Gasteiger partial charge >= 0.3 is 0 Å². The third kappa shape index (κ3) is 3.64. The Balaban J connectivity index is 2.49. The van der Waals surface area contributed by atoms with E-state index < -0.39 is 10.8 Å². The van der Waals surface area contributed by atoms with Gasteiger partial charge in [0, 0.05) is 15.6 Å². The highest BCUT2D eigenvalue weighted by molar-refractivity contribution is 9.10. The maximum atomic E-state index is 11.8. The highest BCUT2D eigenvalue weighted by Crippen LogP contribution is 2.27. The lowest BCUT2D eigenvalue weighted by Crippen LogP contribution is -1.94. The lowest BCUT2D eigenvalue weighted by atomic mass is 10.0. The van der Waals surface area contributed by atoms with Crippen molar-refractivity contribution >= 4 is 38.4 Å². The van der Waals surface area contributed by atoms with E-state index in [0.717, 1.165) is 26.1 Å². The van der Waals surface area contributed by atoms with Crippen molar-refractivity contribution < 1.29 is 4.21 Å². The van der Waals surface area contributed by atoms with Crippen LogP contribution in [0.1, 0.15) is 18.1 Å². The molecule has 0 N–H and O–H groups in total. The molecule has 0 aliphatic carbocycles. The number of halogens is 1. The Hall–Kier alpha value is -1.19. The summed E-state index contributed by atoms with van der Waals surface area (Å²) in [6.07, 6.45) is 3.82. The number of allylic oxidation sites excluding steroid dienone is 1. The fourth-order valence-electron chi connectivity index (χ4n) is 1.94. The van der Waals surface area contributed by atoms with Crippen LogP contribution in [0.4, 0.5) is 0 Å². The molecule has 0 saturated carbocycles. The molecule has 0 bridgehead atoms. The first-order valence-electron chi connectivity index (χ1n) is 5.94. The molecule has 2 aromatic carbocycles. The molecule has 0 aliphatic rings. The van der Waals surface area contributed by atoms with Crippen LogP contribution in [0.25, 0.3) is 11.6 Å². The third-order valence-electron chi connectivity index (χ3n) is 2.86. The Morgan fingerprint density at radius 1 is 1.16 bits per heavy atom. The van der Waals surface area contributed by atoms with Gasteiger partial charge < -0.3 is 0 Å². The summed E-state index contributed by atoms with van der Waals surface area (Å²) in [5, 5.41) is 0. The fraction of sp³-hybridized carbons (Fsp3) is 0.125. The molecule has 1 atom stereocenters. The monoisotopic (exact) mass is 334 g/mol. The van der Waals surface area contributed by atoms with Crippen LogP contribution in [0.15, 0.2) is 57.9 Å². The molecule has 0 heterocycles. The third-order valence-corrected chi connectivity index (χ3v) is 4.33. The summed E-state index contributed by atoms with van der Waals surface area (Å²) in [7, 11) is -0.989. The first-order valence-corrected chi connectivity index (χ1v) is 8.30. The molecule has 2 aromatic rings. The second-order valence-electron chi connectivity index (χ2n) is 4.33. The standard InChI is InChI=1S/C16H15BrOS/c1-12(10-13-6-4-3-5-7-13)15-11-14(17)8-9-16(15)19(2)18/h3-11H,1-2H3/b12-10+. The first kappa shape index (κ1) is 14.2. The lowest BCUT2D eigenvalue weighted by Gasteiger charge is -2.09. The Labute approximate surface area is 125 Å². The van der Waals surface area contributed by atoms with Crippen LogP contribution in [0.2, 0.25) is 0 Å². The van der Waals surface area contributed by atoms with Crippen LogP contribution in [-0.2, 0) is 10.8 Å². The lowest BCUT2D eigenvalue weighted by molar-refractivity contribution is 0.686. The van der Waals surface area contributed by atoms with Crippen molar-refractivity contribution in [2.45, 2.75) is 11.8 Å². The number of benzene rings is 2. The van der Waals surface area contributed by atoms with Gasteiger partial charge in [0.15, 0.2) is 0 Å². The van der Waals surface area contributed by atoms with Crippen molar-refractivity contribution in [3.05, 3.63) is 64.1 Å². The number of hydrogen-bond acceptors (Lipinski definition) is 1.